The molecule has 100 valence electrons. The Kier molecular flexibility index (Phi) is 4.62. The summed E-state index contributed by atoms with van der Waals surface area (Å²) in [7, 11) is 1.51. The quantitative estimate of drug-likeness (QED) is 0.776. The third-order valence-corrected chi connectivity index (χ3v) is 3.01. The molecule has 0 spiro atoms. The van der Waals surface area contributed by atoms with Crippen molar-refractivity contribution in [2.75, 3.05) is 12.9 Å². The second-order valence-electron chi connectivity index (χ2n) is 3.94. The van der Waals surface area contributed by atoms with Crippen LogP contribution in [0.5, 0.6) is 0 Å². The van der Waals surface area contributed by atoms with Crippen molar-refractivity contribution in [2.45, 2.75) is 19.1 Å². The van der Waals surface area contributed by atoms with Crippen molar-refractivity contribution >= 4 is 17.5 Å². The lowest BCUT2D eigenvalue weighted by atomic mass is 10.0. The van der Waals surface area contributed by atoms with Crippen LogP contribution in [0.15, 0.2) is 24.3 Å². The zero-order chi connectivity index (χ0) is 13.9. The predicted molar refractivity (Wildman–Crippen MR) is 63.3 cm³/mol. The van der Waals surface area contributed by atoms with Crippen LogP contribution in [0.4, 0.5) is 13.2 Å². The van der Waals surface area contributed by atoms with E-state index in [-0.39, 0.29) is 11.8 Å². The van der Waals surface area contributed by atoms with Gasteiger partial charge in [0.15, 0.2) is 0 Å². The second-order valence-corrected chi connectivity index (χ2v) is 4.20. The maximum absolute atomic E-state index is 12.6. The van der Waals surface area contributed by atoms with Gasteiger partial charge in [-0.1, -0.05) is 12.1 Å². The summed E-state index contributed by atoms with van der Waals surface area (Å²) < 4.78 is 37.7. The Morgan fingerprint density at radius 2 is 2.06 bits per heavy atom. The molecule has 6 heteroatoms. The van der Waals surface area contributed by atoms with E-state index >= 15 is 0 Å². The average molecular weight is 280 g/mol. The Morgan fingerprint density at radius 1 is 1.44 bits per heavy atom. The zero-order valence-corrected chi connectivity index (χ0v) is 10.7. The molecular formula is C12H13ClF3NO. The maximum atomic E-state index is 12.6. The minimum Gasteiger partial charge on any atom is -0.338 e. The van der Waals surface area contributed by atoms with E-state index in [1.807, 2.05) is 0 Å². The van der Waals surface area contributed by atoms with E-state index in [1.54, 1.807) is 13.0 Å². The van der Waals surface area contributed by atoms with Gasteiger partial charge in [-0.15, -0.1) is 11.6 Å². The fourth-order valence-electron chi connectivity index (χ4n) is 1.51. The monoisotopic (exact) mass is 279 g/mol. The van der Waals surface area contributed by atoms with Gasteiger partial charge < -0.3 is 4.90 Å². The maximum Gasteiger partial charge on any atom is 0.416 e. The largest absolute Gasteiger partial charge is 0.416 e. The van der Waals surface area contributed by atoms with Crippen LogP contribution < -0.4 is 0 Å². The molecule has 0 saturated carbocycles. The third-order valence-electron chi connectivity index (χ3n) is 2.79. The fourth-order valence-corrected chi connectivity index (χ4v) is 1.70. The molecule has 1 amide bonds. The van der Waals surface area contributed by atoms with Crippen molar-refractivity contribution in [3.63, 3.8) is 0 Å². The van der Waals surface area contributed by atoms with Gasteiger partial charge in [0.2, 0.25) is 5.91 Å². The van der Waals surface area contributed by atoms with Gasteiger partial charge in [0.05, 0.1) is 11.6 Å². The molecule has 0 fully saturated rings. The highest BCUT2D eigenvalue weighted by Crippen LogP contribution is 2.31. The molecule has 0 heterocycles. The lowest BCUT2D eigenvalue weighted by Gasteiger charge is -2.25. The molecule has 0 aromatic heterocycles. The van der Waals surface area contributed by atoms with E-state index in [1.165, 1.54) is 18.0 Å². The van der Waals surface area contributed by atoms with E-state index in [0.717, 1.165) is 12.1 Å². The Balaban J connectivity index is 3.00. The number of hydrogen-bond acceptors (Lipinski definition) is 1. The van der Waals surface area contributed by atoms with Crippen LogP contribution in [-0.4, -0.2) is 23.7 Å². The molecule has 1 atom stereocenters. The van der Waals surface area contributed by atoms with Crippen LogP contribution in [0, 0.1) is 0 Å². The minimum atomic E-state index is -4.38. The summed E-state index contributed by atoms with van der Waals surface area (Å²) in [6.45, 7) is 1.65. The van der Waals surface area contributed by atoms with Crippen molar-refractivity contribution < 1.29 is 18.0 Å². The first-order valence-electron chi connectivity index (χ1n) is 5.26. The molecule has 0 radical (unpaired) electrons. The minimum absolute atomic E-state index is 0.195. The fraction of sp³-hybridized carbons (Fsp3) is 0.417. The summed E-state index contributed by atoms with van der Waals surface area (Å²) in [4.78, 5) is 12.7. The first-order chi connectivity index (χ1) is 8.27. The number of benzene rings is 1. The molecule has 1 aromatic rings. The lowest BCUT2D eigenvalue weighted by molar-refractivity contribution is -0.137. The van der Waals surface area contributed by atoms with E-state index < -0.39 is 17.8 Å². The second kappa shape index (κ2) is 5.61. The van der Waals surface area contributed by atoms with Crippen LogP contribution in [-0.2, 0) is 11.0 Å². The highest BCUT2D eigenvalue weighted by molar-refractivity contribution is 6.27. The van der Waals surface area contributed by atoms with Crippen molar-refractivity contribution in [2.24, 2.45) is 0 Å². The number of halogens is 4. The van der Waals surface area contributed by atoms with E-state index in [9.17, 15) is 18.0 Å². The molecule has 0 bridgehead atoms. The van der Waals surface area contributed by atoms with Crippen molar-refractivity contribution in [3.05, 3.63) is 35.4 Å². The number of amides is 1. The first kappa shape index (κ1) is 14.8. The molecule has 18 heavy (non-hydrogen) atoms. The number of hydrogen-bond donors (Lipinski definition) is 0. The highest BCUT2D eigenvalue weighted by atomic mass is 35.5. The SMILES string of the molecule is CC(c1cccc(C(F)(F)F)c1)N(C)C(=O)CCl. The number of rotatable bonds is 3. The van der Waals surface area contributed by atoms with Gasteiger partial charge in [0.25, 0.3) is 0 Å². The number of nitrogens with zero attached hydrogens (tertiary/aromatic N) is 1. The van der Waals surface area contributed by atoms with Gasteiger partial charge >= 0.3 is 6.18 Å². The summed E-state index contributed by atoms with van der Waals surface area (Å²) in [6.07, 6.45) is -4.38. The third kappa shape index (κ3) is 3.38. The molecule has 2 nitrogen and oxygen atoms in total. The summed E-state index contributed by atoms with van der Waals surface area (Å²) >= 11 is 5.41. The summed E-state index contributed by atoms with van der Waals surface area (Å²) in [6, 6.07) is 4.46. The number of carbonyl (C=O) groups excluding carboxylic acids is 1. The van der Waals surface area contributed by atoms with Crippen LogP contribution in [0.3, 0.4) is 0 Å². The first-order valence-corrected chi connectivity index (χ1v) is 5.79. The standard InChI is InChI=1S/C12H13ClF3NO/c1-8(17(2)11(18)7-13)9-4-3-5-10(6-9)12(14,15)16/h3-6,8H,7H2,1-2H3. The van der Waals surface area contributed by atoms with Crippen LogP contribution in [0.25, 0.3) is 0 Å². The van der Waals surface area contributed by atoms with Crippen LogP contribution >= 0.6 is 11.6 Å². The van der Waals surface area contributed by atoms with E-state index in [2.05, 4.69) is 0 Å². The normalized spacial score (nSPS) is 13.2. The van der Waals surface area contributed by atoms with Crippen molar-refractivity contribution in [3.8, 4) is 0 Å². The molecule has 0 aliphatic heterocycles. The van der Waals surface area contributed by atoms with Crippen LogP contribution in [0.2, 0.25) is 0 Å². The molecule has 0 aliphatic carbocycles. The Bertz CT molecular complexity index is 434. The van der Waals surface area contributed by atoms with Crippen LogP contribution in [0.1, 0.15) is 24.1 Å². The number of alkyl halides is 4. The molecular weight excluding hydrogens is 267 g/mol. The van der Waals surface area contributed by atoms with Gasteiger partial charge in [-0.3, -0.25) is 4.79 Å². The topological polar surface area (TPSA) is 20.3 Å². The highest BCUT2D eigenvalue weighted by Gasteiger charge is 2.31. The molecule has 1 rings (SSSR count). The van der Waals surface area contributed by atoms with Crippen molar-refractivity contribution in [1.82, 2.24) is 4.90 Å². The molecule has 0 saturated heterocycles. The molecule has 0 N–H and O–H groups in total. The summed E-state index contributed by atoms with van der Waals surface area (Å²) in [5.41, 5.74) is -0.302. The van der Waals surface area contributed by atoms with Gasteiger partial charge in [-0.25, -0.2) is 0 Å². The predicted octanol–water partition coefficient (Wildman–Crippen LogP) is 3.46. The lowest BCUT2D eigenvalue weighted by Crippen LogP contribution is -2.30. The van der Waals surface area contributed by atoms with E-state index in [0.29, 0.717) is 5.56 Å². The number of carbonyl (C=O) groups is 1. The molecule has 0 aliphatic rings. The summed E-state index contributed by atoms with van der Waals surface area (Å²) in [5.74, 6) is -0.527. The Labute approximate surface area is 108 Å². The smallest absolute Gasteiger partial charge is 0.338 e. The zero-order valence-electron chi connectivity index (χ0n) is 9.96. The average Bonchev–Trinajstić information content (AvgIpc) is 2.35. The molecule has 1 unspecified atom stereocenters. The van der Waals surface area contributed by atoms with Gasteiger partial charge in [0.1, 0.15) is 5.88 Å². The Hall–Kier alpha value is -1.23. The van der Waals surface area contributed by atoms with Crippen molar-refractivity contribution in [1.29, 1.82) is 0 Å². The van der Waals surface area contributed by atoms with Gasteiger partial charge in [0, 0.05) is 7.05 Å². The Morgan fingerprint density at radius 3 is 2.56 bits per heavy atom. The van der Waals surface area contributed by atoms with Gasteiger partial charge in [-0.2, -0.15) is 13.2 Å². The molecule has 1 aromatic carbocycles. The summed E-state index contributed by atoms with van der Waals surface area (Å²) in [5, 5.41) is 0. The van der Waals surface area contributed by atoms with Gasteiger partial charge in [-0.05, 0) is 24.6 Å². The van der Waals surface area contributed by atoms with E-state index in [4.69, 9.17) is 11.6 Å².